The number of nitrogens with one attached hydrogen (secondary N) is 1. The van der Waals surface area contributed by atoms with E-state index in [4.69, 9.17) is 9.52 Å². The predicted molar refractivity (Wildman–Crippen MR) is 49.4 cm³/mol. The second-order valence-corrected chi connectivity index (χ2v) is 2.75. The van der Waals surface area contributed by atoms with E-state index in [2.05, 4.69) is 10.1 Å². The molecule has 0 aromatic carbocycles. The first kappa shape index (κ1) is 11.3. The van der Waals surface area contributed by atoms with Crippen LogP contribution in [0, 0.1) is 0 Å². The van der Waals surface area contributed by atoms with Crippen molar-refractivity contribution in [2.24, 2.45) is 0 Å². The zero-order valence-corrected chi connectivity index (χ0v) is 8.15. The normalized spacial score (nSPS) is 9.93. The van der Waals surface area contributed by atoms with Gasteiger partial charge >= 0.3 is 11.9 Å². The monoisotopic (exact) mass is 213 g/mol. The van der Waals surface area contributed by atoms with E-state index < -0.39 is 11.9 Å². The Morgan fingerprint density at radius 2 is 2.27 bits per heavy atom. The van der Waals surface area contributed by atoms with Gasteiger partial charge in [0.15, 0.2) is 0 Å². The van der Waals surface area contributed by atoms with Crippen LogP contribution in [0.1, 0.15) is 16.3 Å². The molecule has 82 valence electrons. The van der Waals surface area contributed by atoms with E-state index >= 15 is 0 Å². The standard InChI is InChI=1S/C9H11NO5/c1-14-9(13)7-3-2-6(15-7)4-10-5-8(11)12/h2-3,10H,4-5H2,1H3,(H,11,12). The predicted octanol–water partition coefficient (Wildman–Crippen LogP) is 0.240. The summed E-state index contributed by atoms with van der Waals surface area (Å²) in [6.45, 7) is 0.0948. The summed E-state index contributed by atoms with van der Waals surface area (Å²) in [4.78, 5) is 21.2. The third kappa shape index (κ3) is 3.43. The molecular weight excluding hydrogens is 202 g/mol. The lowest BCUT2D eigenvalue weighted by atomic mass is 10.4. The Kier molecular flexibility index (Phi) is 3.87. The van der Waals surface area contributed by atoms with Crippen LogP contribution in [0.25, 0.3) is 0 Å². The number of esters is 1. The zero-order chi connectivity index (χ0) is 11.3. The van der Waals surface area contributed by atoms with Crippen molar-refractivity contribution >= 4 is 11.9 Å². The molecule has 0 fully saturated rings. The lowest BCUT2D eigenvalue weighted by Gasteiger charge is -1.97. The molecule has 0 amide bonds. The van der Waals surface area contributed by atoms with Gasteiger partial charge in [0.1, 0.15) is 5.76 Å². The number of ether oxygens (including phenoxy) is 1. The Labute approximate surface area is 85.8 Å². The molecule has 0 aliphatic heterocycles. The van der Waals surface area contributed by atoms with Gasteiger partial charge < -0.3 is 14.3 Å². The molecule has 1 aromatic rings. The molecule has 0 bridgehead atoms. The quantitative estimate of drug-likeness (QED) is 0.681. The number of rotatable bonds is 5. The van der Waals surface area contributed by atoms with Crippen LogP contribution >= 0.6 is 0 Å². The van der Waals surface area contributed by atoms with Gasteiger partial charge in [0.2, 0.25) is 5.76 Å². The number of hydrogen-bond donors (Lipinski definition) is 2. The van der Waals surface area contributed by atoms with Gasteiger partial charge in [-0.25, -0.2) is 4.79 Å². The zero-order valence-electron chi connectivity index (χ0n) is 8.15. The summed E-state index contributed by atoms with van der Waals surface area (Å²) in [5.41, 5.74) is 0. The first-order valence-electron chi connectivity index (χ1n) is 4.23. The Hall–Kier alpha value is -1.82. The summed E-state index contributed by atoms with van der Waals surface area (Å²) in [6, 6.07) is 3.06. The summed E-state index contributed by atoms with van der Waals surface area (Å²) < 4.78 is 9.53. The highest BCUT2D eigenvalue weighted by molar-refractivity contribution is 5.86. The summed E-state index contributed by atoms with van der Waals surface area (Å²) in [5.74, 6) is -0.921. The highest BCUT2D eigenvalue weighted by Gasteiger charge is 2.10. The lowest BCUT2D eigenvalue weighted by molar-refractivity contribution is -0.136. The molecule has 6 heteroatoms. The first-order chi connectivity index (χ1) is 7.13. The van der Waals surface area contributed by atoms with Crippen LogP contribution in [-0.2, 0) is 16.1 Å². The van der Waals surface area contributed by atoms with Gasteiger partial charge in [0, 0.05) is 0 Å². The highest BCUT2D eigenvalue weighted by atomic mass is 16.5. The number of methoxy groups -OCH3 is 1. The number of carboxylic acid groups (broad SMARTS) is 1. The van der Waals surface area contributed by atoms with E-state index in [1.165, 1.54) is 13.2 Å². The SMILES string of the molecule is COC(=O)c1ccc(CNCC(=O)O)o1. The number of carboxylic acids is 1. The summed E-state index contributed by atoms with van der Waals surface area (Å²) in [5, 5.41) is 11.0. The Morgan fingerprint density at radius 1 is 1.53 bits per heavy atom. The van der Waals surface area contributed by atoms with Gasteiger partial charge in [-0.15, -0.1) is 0 Å². The van der Waals surface area contributed by atoms with Crippen LogP contribution in [0.3, 0.4) is 0 Å². The average molecular weight is 213 g/mol. The fourth-order valence-corrected chi connectivity index (χ4v) is 0.976. The van der Waals surface area contributed by atoms with Gasteiger partial charge in [0.05, 0.1) is 20.2 Å². The fourth-order valence-electron chi connectivity index (χ4n) is 0.976. The van der Waals surface area contributed by atoms with Crippen molar-refractivity contribution in [2.75, 3.05) is 13.7 Å². The summed E-state index contributed by atoms with van der Waals surface area (Å²) in [7, 11) is 1.26. The van der Waals surface area contributed by atoms with Crippen LogP contribution in [-0.4, -0.2) is 30.7 Å². The van der Waals surface area contributed by atoms with Crippen molar-refractivity contribution in [3.8, 4) is 0 Å². The third-order valence-corrected chi connectivity index (χ3v) is 1.62. The van der Waals surface area contributed by atoms with Crippen molar-refractivity contribution in [2.45, 2.75) is 6.54 Å². The minimum Gasteiger partial charge on any atom is -0.480 e. The highest BCUT2D eigenvalue weighted by Crippen LogP contribution is 2.08. The van der Waals surface area contributed by atoms with Crippen LogP contribution in [0.4, 0.5) is 0 Å². The molecule has 0 saturated heterocycles. The number of aliphatic carboxylic acids is 1. The van der Waals surface area contributed by atoms with E-state index in [0.29, 0.717) is 5.76 Å². The number of hydrogen-bond acceptors (Lipinski definition) is 5. The van der Waals surface area contributed by atoms with Crippen molar-refractivity contribution in [3.05, 3.63) is 23.7 Å². The molecule has 0 saturated carbocycles. The van der Waals surface area contributed by atoms with Crippen LogP contribution in [0.2, 0.25) is 0 Å². The smallest absolute Gasteiger partial charge is 0.373 e. The Morgan fingerprint density at radius 3 is 2.87 bits per heavy atom. The fraction of sp³-hybridized carbons (Fsp3) is 0.333. The molecule has 0 aliphatic rings. The van der Waals surface area contributed by atoms with Crippen LogP contribution < -0.4 is 5.32 Å². The van der Waals surface area contributed by atoms with Gasteiger partial charge in [-0.2, -0.15) is 0 Å². The van der Waals surface area contributed by atoms with Crippen molar-refractivity contribution in [1.82, 2.24) is 5.32 Å². The molecule has 1 rings (SSSR count). The van der Waals surface area contributed by atoms with Gasteiger partial charge in [0.25, 0.3) is 0 Å². The average Bonchev–Trinajstić information content (AvgIpc) is 2.65. The van der Waals surface area contributed by atoms with Crippen molar-refractivity contribution in [3.63, 3.8) is 0 Å². The minimum atomic E-state index is -0.949. The summed E-state index contributed by atoms with van der Waals surface area (Å²) in [6.07, 6.45) is 0. The van der Waals surface area contributed by atoms with Gasteiger partial charge in [-0.3, -0.25) is 10.1 Å². The maximum atomic E-state index is 11.0. The summed E-state index contributed by atoms with van der Waals surface area (Å²) >= 11 is 0. The van der Waals surface area contributed by atoms with E-state index in [1.54, 1.807) is 6.07 Å². The lowest BCUT2D eigenvalue weighted by Crippen LogP contribution is -2.21. The van der Waals surface area contributed by atoms with Crippen molar-refractivity contribution < 1.29 is 23.8 Å². The van der Waals surface area contributed by atoms with E-state index in [0.717, 1.165) is 0 Å². The topological polar surface area (TPSA) is 88.8 Å². The second kappa shape index (κ2) is 5.16. The van der Waals surface area contributed by atoms with E-state index in [-0.39, 0.29) is 18.8 Å². The number of furan rings is 1. The van der Waals surface area contributed by atoms with Crippen LogP contribution in [0.15, 0.2) is 16.5 Å². The van der Waals surface area contributed by atoms with E-state index in [1.807, 2.05) is 0 Å². The molecule has 0 spiro atoms. The molecular formula is C9H11NO5. The minimum absolute atomic E-state index is 0.102. The maximum Gasteiger partial charge on any atom is 0.373 e. The van der Waals surface area contributed by atoms with E-state index in [9.17, 15) is 9.59 Å². The largest absolute Gasteiger partial charge is 0.480 e. The molecule has 1 heterocycles. The molecule has 6 nitrogen and oxygen atoms in total. The number of carbonyl (C=O) groups excluding carboxylic acids is 1. The Bertz CT molecular complexity index is 357. The Balaban J connectivity index is 2.46. The third-order valence-electron chi connectivity index (χ3n) is 1.62. The van der Waals surface area contributed by atoms with Crippen LogP contribution in [0.5, 0.6) is 0 Å². The maximum absolute atomic E-state index is 11.0. The van der Waals surface area contributed by atoms with Gasteiger partial charge in [-0.05, 0) is 12.1 Å². The molecule has 15 heavy (non-hydrogen) atoms. The molecule has 2 N–H and O–H groups in total. The number of carbonyl (C=O) groups is 2. The molecule has 0 radical (unpaired) electrons. The van der Waals surface area contributed by atoms with Crippen molar-refractivity contribution in [1.29, 1.82) is 0 Å². The molecule has 0 unspecified atom stereocenters. The molecule has 1 aromatic heterocycles. The first-order valence-corrected chi connectivity index (χ1v) is 4.23. The van der Waals surface area contributed by atoms with Gasteiger partial charge in [-0.1, -0.05) is 0 Å². The molecule has 0 atom stereocenters. The second-order valence-electron chi connectivity index (χ2n) is 2.75. The molecule has 0 aliphatic carbocycles.